The first kappa shape index (κ1) is 23.1. The zero-order valence-electron chi connectivity index (χ0n) is 16.1. The molecule has 0 radical (unpaired) electrons. The highest BCUT2D eigenvalue weighted by Crippen LogP contribution is 2.33. The van der Waals surface area contributed by atoms with Crippen molar-refractivity contribution in [1.82, 2.24) is 0 Å². The second kappa shape index (κ2) is 11.8. The van der Waals surface area contributed by atoms with E-state index in [-0.39, 0.29) is 31.1 Å². The monoisotopic (exact) mass is 422 g/mol. The summed E-state index contributed by atoms with van der Waals surface area (Å²) in [5.41, 5.74) is 0. The first-order chi connectivity index (χ1) is 13.9. The number of hydrogen-bond donors (Lipinski definition) is 3. The minimum Gasteiger partial charge on any atom is -0.491 e. The summed E-state index contributed by atoms with van der Waals surface area (Å²) in [4.78, 5) is 22.7. The molecule has 0 aromatic heterocycles. The summed E-state index contributed by atoms with van der Waals surface area (Å²) in [5.74, 6) is -0.999. The van der Waals surface area contributed by atoms with E-state index >= 15 is 0 Å². The Morgan fingerprint density at radius 3 is 2.69 bits per heavy atom. The van der Waals surface area contributed by atoms with Gasteiger partial charge in [-0.2, -0.15) is 0 Å². The Bertz CT molecular complexity index is 727. The van der Waals surface area contributed by atoms with Crippen LogP contribution in [0.4, 0.5) is 0 Å². The highest BCUT2D eigenvalue weighted by molar-refractivity contribution is 6.30. The van der Waals surface area contributed by atoms with Crippen LogP contribution >= 0.6 is 11.6 Å². The molecule has 1 aliphatic rings. The van der Waals surface area contributed by atoms with Gasteiger partial charge in [0.1, 0.15) is 24.2 Å². The number of carboxylic acids is 1. The highest BCUT2D eigenvalue weighted by Gasteiger charge is 2.39. The minimum atomic E-state index is -0.886. The van der Waals surface area contributed by atoms with Crippen LogP contribution in [-0.4, -0.2) is 45.9 Å². The number of carbonyl (C=O) groups excluding carboxylic acids is 1. The maximum Gasteiger partial charge on any atom is 0.303 e. The molecule has 4 atom stereocenters. The van der Waals surface area contributed by atoms with Gasteiger partial charge in [-0.3, -0.25) is 9.59 Å². The predicted molar refractivity (Wildman–Crippen MR) is 110 cm³/mol. The fourth-order valence-electron chi connectivity index (χ4n) is 3.28. The van der Waals surface area contributed by atoms with E-state index in [1.54, 1.807) is 30.3 Å². The topological polar surface area (TPSA) is 104 Å². The average Bonchev–Trinajstić information content (AvgIpc) is 2.94. The summed E-state index contributed by atoms with van der Waals surface area (Å²) in [6, 6.07) is 6.79. The van der Waals surface area contributed by atoms with Gasteiger partial charge >= 0.3 is 5.97 Å². The number of rotatable bonds is 11. The number of halogens is 1. The van der Waals surface area contributed by atoms with Crippen molar-refractivity contribution in [3.63, 3.8) is 0 Å². The summed E-state index contributed by atoms with van der Waals surface area (Å²) in [6.45, 7) is 0.0374. The van der Waals surface area contributed by atoms with Crippen LogP contribution in [0.1, 0.15) is 32.1 Å². The summed E-state index contributed by atoms with van der Waals surface area (Å²) in [7, 11) is 0. The Hall–Kier alpha value is -2.15. The van der Waals surface area contributed by atoms with E-state index in [1.807, 2.05) is 12.2 Å². The zero-order valence-corrected chi connectivity index (χ0v) is 16.9. The second-order valence-corrected chi connectivity index (χ2v) is 7.57. The van der Waals surface area contributed by atoms with Gasteiger partial charge in [0.2, 0.25) is 0 Å². The molecule has 0 heterocycles. The van der Waals surface area contributed by atoms with Crippen LogP contribution < -0.4 is 4.74 Å². The molecule has 0 saturated heterocycles. The fourth-order valence-corrected chi connectivity index (χ4v) is 3.41. The molecule has 1 fully saturated rings. The standard InChI is InChI=1S/C22H27ClO6/c23-15-7-10-17(11-8-15)29-14-16(24)9-12-19-18(20(25)13-21(19)26)5-3-1-2-4-6-22(27)28/h1,3,7-12,16,18-20,24-25H,2,4-6,13-14H2,(H,27,28)/b3-1-,12-9+/t16-,18+,19+,20-/m0/s1. The Kier molecular flexibility index (Phi) is 9.38. The maximum absolute atomic E-state index is 12.2. The third-order valence-corrected chi connectivity index (χ3v) is 5.10. The molecular formula is C22H27ClO6. The van der Waals surface area contributed by atoms with E-state index in [2.05, 4.69) is 0 Å². The van der Waals surface area contributed by atoms with Crippen molar-refractivity contribution in [2.24, 2.45) is 11.8 Å². The van der Waals surface area contributed by atoms with Crippen LogP contribution in [0, 0.1) is 11.8 Å². The van der Waals surface area contributed by atoms with E-state index in [4.69, 9.17) is 21.4 Å². The summed E-state index contributed by atoms with van der Waals surface area (Å²) < 4.78 is 5.48. The van der Waals surface area contributed by atoms with Crippen molar-refractivity contribution in [3.8, 4) is 5.75 Å². The molecule has 0 spiro atoms. The van der Waals surface area contributed by atoms with Crippen molar-refractivity contribution >= 4 is 23.4 Å². The van der Waals surface area contributed by atoms with Crippen molar-refractivity contribution in [2.75, 3.05) is 6.61 Å². The van der Waals surface area contributed by atoms with E-state index in [0.29, 0.717) is 30.0 Å². The lowest BCUT2D eigenvalue weighted by Gasteiger charge is -2.17. The molecule has 1 aromatic rings. The zero-order chi connectivity index (χ0) is 21.2. The Morgan fingerprint density at radius 1 is 1.28 bits per heavy atom. The number of allylic oxidation sites excluding steroid dienone is 3. The van der Waals surface area contributed by atoms with Gasteiger partial charge in [-0.05, 0) is 43.5 Å². The summed E-state index contributed by atoms with van der Waals surface area (Å²) in [5, 5.41) is 29.5. The summed E-state index contributed by atoms with van der Waals surface area (Å²) in [6.07, 6.45) is 7.28. The van der Waals surface area contributed by atoms with Gasteiger partial charge < -0.3 is 20.1 Å². The molecular weight excluding hydrogens is 396 g/mol. The first-order valence-corrected chi connectivity index (χ1v) is 10.1. The smallest absolute Gasteiger partial charge is 0.303 e. The quantitative estimate of drug-likeness (QED) is 0.373. The Morgan fingerprint density at radius 2 is 2.00 bits per heavy atom. The third kappa shape index (κ3) is 8.01. The molecule has 3 N–H and O–H groups in total. The van der Waals surface area contributed by atoms with Crippen LogP contribution in [0.5, 0.6) is 5.75 Å². The molecule has 1 aliphatic carbocycles. The maximum atomic E-state index is 12.2. The number of aliphatic hydroxyl groups excluding tert-OH is 2. The van der Waals surface area contributed by atoms with Gasteiger partial charge in [0.05, 0.1) is 6.10 Å². The van der Waals surface area contributed by atoms with E-state index in [1.165, 1.54) is 6.08 Å². The number of Topliss-reactive ketones (excluding diaryl/α,β-unsaturated/α-hetero) is 1. The Balaban J connectivity index is 1.83. The summed E-state index contributed by atoms with van der Waals surface area (Å²) >= 11 is 5.81. The largest absolute Gasteiger partial charge is 0.491 e. The van der Waals surface area contributed by atoms with E-state index in [0.717, 1.165) is 0 Å². The molecule has 1 aromatic carbocycles. The number of ketones is 1. The van der Waals surface area contributed by atoms with Crippen LogP contribution in [0.2, 0.25) is 5.02 Å². The number of aliphatic carboxylic acids is 1. The molecule has 29 heavy (non-hydrogen) atoms. The van der Waals surface area contributed by atoms with Crippen molar-refractivity contribution < 1.29 is 29.6 Å². The number of hydrogen-bond acceptors (Lipinski definition) is 5. The number of carboxylic acid groups (broad SMARTS) is 1. The molecule has 158 valence electrons. The lowest BCUT2D eigenvalue weighted by Crippen LogP contribution is -2.20. The molecule has 6 nitrogen and oxygen atoms in total. The predicted octanol–water partition coefficient (Wildman–Crippen LogP) is 3.40. The molecule has 0 amide bonds. The first-order valence-electron chi connectivity index (χ1n) is 9.69. The fraction of sp³-hybridized carbons (Fsp3) is 0.455. The van der Waals surface area contributed by atoms with Crippen molar-refractivity contribution in [2.45, 2.75) is 44.3 Å². The van der Waals surface area contributed by atoms with Gasteiger partial charge in [-0.15, -0.1) is 0 Å². The van der Waals surface area contributed by atoms with Crippen LogP contribution in [0.3, 0.4) is 0 Å². The average molecular weight is 423 g/mol. The van der Waals surface area contributed by atoms with Crippen LogP contribution in [-0.2, 0) is 9.59 Å². The number of carbonyl (C=O) groups is 2. The van der Waals surface area contributed by atoms with Gasteiger partial charge in [-0.25, -0.2) is 0 Å². The molecule has 7 heteroatoms. The number of unbranched alkanes of at least 4 members (excludes halogenated alkanes) is 1. The molecule has 1 saturated carbocycles. The third-order valence-electron chi connectivity index (χ3n) is 4.85. The molecule has 2 rings (SSSR count). The number of ether oxygens (including phenoxy) is 1. The lowest BCUT2D eigenvalue weighted by molar-refractivity contribution is -0.137. The van der Waals surface area contributed by atoms with Crippen molar-refractivity contribution in [3.05, 3.63) is 53.6 Å². The van der Waals surface area contributed by atoms with Gasteiger partial charge in [-0.1, -0.05) is 35.9 Å². The molecule has 0 bridgehead atoms. The van der Waals surface area contributed by atoms with Gasteiger partial charge in [0, 0.05) is 29.7 Å². The van der Waals surface area contributed by atoms with E-state index in [9.17, 15) is 19.8 Å². The van der Waals surface area contributed by atoms with Crippen LogP contribution in [0.25, 0.3) is 0 Å². The van der Waals surface area contributed by atoms with E-state index < -0.39 is 24.1 Å². The highest BCUT2D eigenvalue weighted by atomic mass is 35.5. The van der Waals surface area contributed by atoms with Gasteiger partial charge in [0.25, 0.3) is 0 Å². The normalized spacial score (nSPS) is 23.1. The van der Waals surface area contributed by atoms with Gasteiger partial charge in [0.15, 0.2) is 0 Å². The molecule has 0 unspecified atom stereocenters. The SMILES string of the molecule is O=C(O)CCC/C=C\C[C@H]1[C@@H](O)CC(=O)[C@@H]1/C=C/[C@H](O)COc1ccc(Cl)cc1. The minimum absolute atomic E-state index is 0.0374. The van der Waals surface area contributed by atoms with Crippen molar-refractivity contribution in [1.29, 1.82) is 0 Å². The van der Waals surface area contributed by atoms with Crippen LogP contribution in [0.15, 0.2) is 48.6 Å². The molecule has 0 aliphatic heterocycles. The Labute approximate surface area is 175 Å². The second-order valence-electron chi connectivity index (χ2n) is 7.14. The lowest BCUT2D eigenvalue weighted by atomic mass is 9.90. The number of benzene rings is 1. The number of aliphatic hydroxyl groups is 2.